The molecule has 0 saturated carbocycles. The number of halogens is 3. The Morgan fingerprint density at radius 2 is 1.66 bits per heavy atom. The Bertz CT molecular complexity index is 1120. The third-order valence-electron chi connectivity index (χ3n) is 5.85. The smallest absolute Gasteiger partial charge is 0.416 e. The van der Waals surface area contributed by atoms with E-state index in [1.807, 2.05) is 41.3 Å². The van der Waals surface area contributed by atoms with E-state index >= 15 is 0 Å². The molecule has 9 heteroatoms. The Hall–Kier alpha value is -3.59. The molecule has 35 heavy (non-hydrogen) atoms. The van der Waals surface area contributed by atoms with Crippen LogP contribution in [0.15, 0.2) is 72.9 Å². The quantitative estimate of drug-likeness (QED) is 0.528. The van der Waals surface area contributed by atoms with Crippen molar-refractivity contribution in [1.29, 1.82) is 0 Å². The molecule has 0 aliphatic carbocycles. The lowest BCUT2D eigenvalue weighted by Crippen LogP contribution is -2.51. The maximum atomic E-state index is 13.2. The van der Waals surface area contributed by atoms with Crippen LogP contribution in [0, 0.1) is 0 Å². The Morgan fingerprint density at radius 1 is 0.943 bits per heavy atom. The van der Waals surface area contributed by atoms with Crippen molar-refractivity contribution in [2.24, 2.45) is 0 Å². The summed E-state index contributed by atoms with van der Waals surface area (Å²) in [6, 6.07) is 18.8. The van der Waals surface area contributed by atoms with Crippen molar-refractivity contribution in [3.8, 4) is 5.88 Å². The van der Waals surface area contributed by atoms with Gasteiger partial charge in [0.2, 0.25) is 5.88 Å². The van der Waals surface area contributed by atoms with E-state index in [-0.39, 0.29) is 18.1 Å². The van der Waals surface area contributed by atoms with Gasteiger partial charge in [-0.2, -0.15) is 13.2 Å². The summed E-state index contributed by atoms with van der Waals surface area (Å²) < 4.78 is 45.5. The van der Waals surface area contributed by atoms with Crippen LogP contribution in [0.2, 0.25) is 0 Å². The number of pyridine rings is 1. The Kier molecular flexibility index (Phi) is 7.87. The molecule has 2 heterocycles. The summed E-state index contributed by atoms with van der Waals surface area (Å²) in [5.74, 6) is 0.480. The van der Waals surface area contributed by atoms with Crippen molar-refractivity contribution < 1.29 is 22.7 Å². The number of hydrogen-bond acceptors (Lipinski definition) is 4. The second-order valence-electron chi connectivity index (χ2n) is 8.35. The number of ether oxygens (including phenoxy) is 1. The van der Waals surface area contributed by atoms with E-state index in [0.29, 0.717) is 45.2 Å². The highest BCUT2D eigenvalue weighted by molar-refractivity contribution is 5.74. The van der Waals surface area contributed by atoms with Crippen LogP contribution in [0.1, 0.15) is 22.3 Å². The molecule has 0 atom stereocenters. The van der Waals surface area contributed by atoms with Gasteiger partial charge in [0.05, 0.1) is 5.56 Å². The first kappa shape index (κ1) is 24.5. The molecule has 1 aliphatic heterocycles. The summed E-state index contributed by atoms with van der Waals surface area (Å²) in [5, 5.41) is 2.90. The van der Waals surface area contributed by atoms with Gasteiger partial charge in [0.25, 0.3) is 0 Å². The van der Waals surface area contributed by atoms with Crippen LogP contribution in [0.4, 0.5) is 18.0 Å². The summed E-state index contributed by atoms with van der Waals surface area (Å²) in [6.45, 7) is 2.83. The molecule has 1 aromatic heterocycles. The molecule has 4 rings (SSSR count). The van der Waals surface area contributed by atoms with Gasteiger partial charge in [0, 0.05) is 51.5 Å². The first-order valence-electron chi connectivity index (χ1n) is 11.4. The first-order valence-corrected chi connectivity index (χ1v) is 11.4. The Balaban J connectivity index is 1.23. The highest BCUT2D eigenvalue weighted by Gasteiger charge is 2.33. The van der Waals surface area contributed by atoms with Crippen molar-refractivity contribution in [3.05, 3.63) is 95.2 Å². The minimum absolute atomic E-state index is 0.202. The van der Waals surface area contributed by atoms with Crippen LogP contribution in [0.25, 0.3) is 0 Å². The van der Waals surface area contributed by atoms with Crippen molar-refractivity contribution in [2.45, 2.75) is 25.9 Å². The number of alkyl halides is 3. The van der Waals surface area contributed by atoms with Crippen LogP contribution >= 0.6 is 0 Å². The lowest BCUT2D eigenvalue weighted by molar-refractivity contribution is -0.138. The van der Waals surface area contributed by atoms with Gasteiger partial charge < -0.3 is 15.0 Å². The number of urea groups is 1. The fraction of sp³-hybridized carbons (Fsp3) is 0.308. The van der Waals surface area contributed by atoms with E-state index in [1.54, 1.807) is 23.2 Å². The lowest BCUT2D eigenvalue weighted by atomic mass is 10.1. The fourth-order valence-electron chi connectivity index (χ4n) is 3.95. The van der Waals surface area contributed by atoms with Crippen LogP contribution in [-0.4, -0.2) is 47.0 Å². The van der Waals surface area contributed by atoms with Gasteiger partial charge in [-0.15, -0.1) is 0 Å². The fourth-order valence-corrected chi connectivity index (χ4v) is 3.95. The molecular formula is C26H27F3N4O2. The van der Waals surface area contributed by atoms with Gasteiger partial charge in [0.1, 0.15) is 6.61 Å². The molecular weight excluding hydrogens is 457 g/mol. The molecule has 6 nitrogen and oxygen atoms in total. The topological polar surface area (TPSA) is 57.7 Å². The number of amides is 2. The minimum Gasteiger partial charge on any atom is -0.473 e. The van der Waals surface area contributed by atoms with Crippen molar-refractivity contribution >= 4 is 6.03 Å². The molecule has 2 amide bonds. The van der Waals surface area contributed by atoms with Crippen molar-refractivity contribution in [2.75, 3.05) is 26.2 Å². The SMILES string of the molecule is O=C(NCc1ccnc(OCc2ccccc2)c1)N1CCN(Cc2ccccc2C(F)(F)F)CC1. The number of piperazine rings is 1. The highest BCUT2D eigenvalue weighted by atomic mass is 19.4. The zero-order chi connectivity index (χ0) is 24.7. The zero-order valence-corrected chi connectivity index (χ0v) is 19.2. The number of rotatable bonds is 7. The van der Waals surface area contributed by atoms with Gasteiger partial charge in [-0.1, -0.05) is 48.5 Å². The molecule has 1 aliphatic rings. The van der Waals surface area contributed by atoms with Crippen molar-refractivity contribution in [3.63, 3.8) is 0 Å². The van der Waals surface area contributed by atoms with E-state index in [4.69, 9.17) is 4.74 Å². The highest BCUT2D eigenvalue weighted by Crippen LogP contribution is 2.32. The van der Waals surface area contributed by atoms with Crippen LogP contribution < -0.4 is 10.1 Å². The normalized spacial score (nSPS) is 14.5. The van der Waals surface area contributed by atoms with E-state index in [2.05, 4.69) is 10.3 Å². The summed E-state index contributed by atoms with van der Waals surface area (Å²) in [4.78, 5) is 20.5. The molecule has 0 radical (unpaired) electrons. The Labute approximate surface area is 202 Å². The third kappa shape index (κ3) is 6.95. The van der Waals surface area contributed by atoms with E-state index in [0.717, 1.165) is 17.2 Å². The molecule has 2 aromatic carbocycles. The van der Waals surface area contributed by atoms with Crippen LogP contribution in [-0.2, 0) is 25.9 Å². The zero-order valence-electron chi connectivity index (χ0n) is 19.2. The van der Waals surface area contributed by atoms with Gasteiger partial charge in [-0.3, -0.25) is 4.90 Å². The van der Waals surface area contributed by atoms with Gasteiger partial charge in [-0.05, 0) is 28.8 Å². The van der Waals surface area contributed by atoms with E-state index in [1.165, 1.54) is 12.1 Å². The standard InChI is InChI=1S/C26H27F3N4O2/c27-26(28,29)23-9-5-4-8-22(23)18-32-12-14-33(15-13-32)25(34)31-17-21-10-11-30-24(16-21)35-19-20-6-2-1-3-7-20/h1-11,16H,12-15,17-19H2,(H,31,34). The average molecular weight is 485 g/mol. The Morgan fingerprint density at radius 3 is 2.40 bits per heavy atom. The number of aromatic nitrogens is 1. The van der Waals surface area contributed by atoms with Gasteiger partial charge in [-0.25, -0.2) is 9.78 Å². The second kappa shape index (κ2) is 11.2. The third-order valence-corrected chi connectivity index (χ3v) is 5.85. The molecule has 1 saturated heterocycles. The number of hydrogen-bond donors (Lipinski definition) is 1. The number of carbonyl (C=O) groups excluding carboxylic acids is 1. The van der Waals surface area contributed by atoms with Crippen LogP contribution in [0.5, 0.6) is 5.88 Å². The molecule has 1 fully saturated rings. The maximum Gasteiger partial charge on any atom is 0.416 e. The average Bonchev–Trinajstić information content (AvgIpc) is 2.87. The van der Waals surface area contributed by atoms with Gasteiger partial charge >= 0.3 is 12.2 Å². The minimum atomic E-state index is -4.38. The molecule has 0 bridgehead atoms. The summed E-state index contributed by atoms with van der Waals surface area (Å²) in [6.07, 6.45) is -2.74. The number of nitrogens with one attached hydrogen (secondary N) is 1. The summed E-state index contributed by atoms with van der Waals surface area (Å²) >= 11 is 0. The molecule has 184 valence electrons. The van der Waals surface area contributed by atoms with Crippen LogP contribution in [0.3, 0.4) is 0 Å². The van der Waals surface area contributed by atoms with Crippen molar-refractivity contribution in [1.82, 2.24) is 20.1 Å². The molecule has 0 spiro atoms. The van der Waals surface area contributed by atoms with E-state index < -0.39 is 11.7 Å². The lowest BCUT2D eigenvalue weighted by Gasteiger charge is -2.35. The van der Waals surface area contributed by atoms with Gasteiger partial charge in [0.15, 0.2) is 0 Å². The second-order valence-corrected chi connectivity index (χ2v) is 8.35. The monoisotopic (exact) mass is 484 g/mol. The number of nitrogens with zero attached hydrogens (tertiary/aromatic N) is 3. The number of benzene rings is 2. The first-order chi connectivity index (χ1) is 16.9. The summed E-state index contributed by atoms with van der Waals surface area (Å²) in [7, 11) is 0. The largest absolute Gasteiger partial charge is 0.473 e. The summed E-state index contributed by atoms with van der Waals surface area (Å²) in [5.41, 5.74) is 1.54. The van der Waals surface area contributed by atoms with E-state index in [9.17, 15) is 18.0 Å². The molecule has 1 N–H and O–H groups in total. The molecule has 0 unspecified atom stereocenters. The maximum absolute atomic E-state index is 13.2. The predicted octanol–water partition coefficient (Wildman–Crippen LogP) is 4.71. The molecule has 3 aromatic rings. The number of carbonyl (C=O) groups is 1. The predicted molar refractivity (Wildman–Crippen MR) is 126 cm³/mol.